The molecule has 2 N–H and O–H groups in total. The Morgan fingerprint density at radius 1 is 0.667 bits per heavy atom. The SMILES string of the molecule is Nc1c(S(=O)(=O)c2ccccc2)c2nc3ccccc3nc2n1-c1ccc(Oc2ccccc2)cc1. The van der Waals surface area contributed by atoms with Crippen LogP contribution < -0.4 is 10.5 Å². The number of nitrogens with two attached hydrogens (primary N) is 1. The Hall–Kier alpha value is -4.69. The summed E-state index contributed by atoms with van der Waals surface area (Å²) in [4.78, 5) is 9.51. The first kappa shape index (κ1) is 21.8. The van der Waals surface area contributed by atoms with Crippen LogP contribution in [0.25, 0.3) is 27.9 Å². The number of para-hydroxylation sites is 3. The number of fused-ring (bicyclic) bond motifs is 2. The zero-order chi connectivity index (χ0) is 24.7. The van der Waals surface area contributed by atoms with Gasteiger partial charge in [-0.3, -0.25) is 4.57 Å². The first-order valence-electron chi connectivity index (χ1n) is 11.2. The molecule has 6 aromatic rings. The molecule has 36 heavy (non-hydrogen) atoms. The smallest absolute Gasteiger partial charge is 0.212 e. The third-order valence-corrected chi connectivity index (χ3v) is 7.68. The van der Waals surface area contributed by atoms with Gasteiger partial charge in [-0.05, 0) is 60.7 Å². The van der Waals surface area contributed by atoms with E-state index in [1.165, 1.54) is 0 Å². The van der Waals surface area contributed by atoms with Crippen molar-refractivity contribution in [2.24, 2.45) is 0 Å². The lowest BCUT2D eigenvalue weighted by Gasteiger charge is -2.10. The van der Waals surface area contributed by atoms with Crippen molar-refractivity contribution in [1.82, 2.24) is 14.5 Å². The Labute approximate surface area is 207 Å². The van der Waals surface area contributed by atoms with Crippen molar-refractivity contribution in [3.8, 4) is 17.2 Å². The maximum absolute atomic E-state index is 13.7. The van der Waals surface area contributed by atoms with E-state index in [0.717, 1.165) is 0 Å². The molecule has 6 rings (SSSR count). The van der Waals surface area contributed by atoms with Gasteiger partial charge in [0.05, 0.1) is 15.9 Å². The summed E-state index contributed by atoms with van der Waals surface area (Å²) in [6.45, 7) is 0. The van der Waals surface area contributed by atoms with Crippen molar-refractivity contribution in [3.05, 3.63) is 109 Å². The fraction of sp³-hybridized carbons (Fsp3) is 0. The lowest BCUT2D eigenvalue weighted by Crippen LogP contribution is -2.07. The highest BCUT2D eigenvalue weighted by Gasteiger charge is 2.30. The molecule has 0 fully saturated rings. The first-order chi connectivity index (χ1) is 17.5. The van der Waals surface area contributed by atoms with Crippen LogP contribution in [0.1, 0.15) is 0 Å². The van der Waals surface area contributed by atoms with Gasteiger partial charge in [-0.2, -0.15) is 0 Å². The summed E-state index contributed by atoms with van der Waals surface area (Å²) in [6.07, 6.45) is 0. The molecule has 0 bridgehead atoms. The summed E-state index contributed by atoms with van der Waals surface area (Å²) < 4.78 is 35.0. The van der Waals surface area contributed by atoms with Crippen molar-refractivity contribution < 1.29 is 13.2 Å². The van der Waals surface area contributed by atoms with E-state index < -0.39 is 9.84 Å². The van der Waals surface area contributed by atoms with Crippen LogP contribution in [0.4, 0.5) is 5.82 Å². The number of benzene rings is 4. The van der Waals surface area contributed by atoms with Gasteiger partial charge in [0, 0.05) is 5.69 Å². The number of aromatic nitrogens is 3. The predicted molar refractivity (Wildman–Crippen MR) is 139 cm³/mol. The van der Waals surface area contributed by atoms with Crippen LogP contribution in [0, 0.1) is 0 Å². The summed E-state index contributed by atoms with van der Waals surface area (Å²) in [5, 5.41) is 0. The van der Waals surface area contributed by atoms with Crippen LogP contribution in [-0.4, -0.2) is 23.0 Å². The van der Waals surface area contributed by atoms with Crippen LogP contribution in [0.15, 0.2) is 119 Å². The van der Waals surface area contributed by atoms with Crippen LogP contribution in [0.3, 0.4) is 0 Å². The predicted octanol–water partition coefficient (Wildman–Crippen LogP) is 5.78. The van der Waals surface area contributed by atoms with Gasteiger partial charge < -0.3 is 10.5 Å². The molecule has 176 valence electrons. The van der Waals surface area contributed by atoms with Crippen molar-refractivity contribution in [2.75, 3.05) is 5.73 Å². The first-order valence-corrected chi connectivity index (χ1v) is 12.7. The zero-order valence-corrected chi connectivity index (χ0v) is 19.8. The second-order valence-corrected chi connectivity index (χ2v) is 10.0. The second-order valence-electron chi connectivity index (χ2n) is 8.16. The van der Waals surface area contributed by atoms with Gasteiger partial charge in [0.2, 0.25) is 9.84 Å². The van der Waals surface area contributed by atoms with Crippen molar-refractivity contribution in [1.29, 1.82) is 0 Å². The minimum Gasteiger partial charge on any atom is -0.457 e. The van der Waals surface area contributed by atoms with Gasteiger partial charge in [0.1, 0.15) is 27.7 Å². The molecule has 0 spiro atoms. The standard InChI is InChI=1S/C28H20N4O3S/c29-27-26(36(33,34)22-11-5-2-6-12-22)25-28(31-24-14-8-7-13-23(24)30-25)32(27)19-15-17-21(18-16-19)35-20-9-3-1-4-10-20/h1-18H,29H2. The van der Waals surface area contributed by atoms with E-state index in [1.807, 2.05) is 60.7 Å². The summed E-state index contributed by atoms with van der Waals surface area (Å²) in [7, 11) is -3.97. The number of hydrogen-bond acceptors (Lipinski definition) is 6. The van der Waals surface area contributed by atoms with Gasteiger partial charge >= 0.3 is 0 Å². The van der Waals surface area contributed by atoms with Crippen molar-refractivity contribution in [2.45, 2.75) is 9.79 Å². The molecule has 0 aliphatic heterocycles. The maximum atomic E-state index is 13.7. The highest BCUT2D eigenvalue weighted by Crippen LogP contribution is 2.37. The molecule has 0 unspecified atom stereocenters. The molecule has 0 amide bonds. The second kappa shape index (κ2) is 8.51. The number of anilines is 1. The normalized spacial score (nSPS) is 11.7. The van der Waals surface area contributed by atoms with E-state index in [-0.39, 0.29) is 21.1 Å². The fourth-order valence-electron chi connectivity index (χ4n) is 4.17. The maximum Gasteiger partial charge on any atom is 0.212 e. The molecule has 2 aromatic heterocycles. The van der Waals surface area contributed by atoms with E-state index in [4.69, 9.17) is 15.5 Å². The summed E-state index contributed by atoms with van der Waals surface area (Å²) in [5.74, 6) is 1.39. The van der Waals surface area contributed by atoms with E-state index in [9.17, 15) is 8.42 Å². The van der Waals surface area contributed by atoms with Gasteiger partial charge in [0.15, 0.2) is 5.65 Å². The molecule has 2 heterocycles. The molecule has 0 aliphatic carbocycles. The lowest BCUT2D eigenvalue weighted by molar-refractivity contribution is 0.482. The van der Waals surface area contributed by atoms with Crippen LogP contribution in [0.5, 0.6) is 11.5 Å². The molecule has 7 nitrogen and oxygen atoms in total. The Morgan fingerprint density at radius 2 is 1.22 bits per heavy atom. The molecular weight excluding hydrogens is 472 g/mol. The number of hydrogen-bond donors (Lipinski definition) is 1. The quantitative estimate of drug-likeness (QED) is 0.327. The van der Waals surface area contributed by atoms with Crippen LogP contribution >= 0.6 is 0 Å². The minimum atomic E-state index is -3.97. The van der Waals surface area contributed by atoms with Crippen molar-refractivity contribution in [3.63, 3.8) is 0 Å². The highest BCUT2D eigenvalue weighted by molar-refractivity contribution is 7.92. The molecule has 0 atom stereocenters. The van der Waals surface area contributed by atoms with Crippen molar-refractivity contribution >= 4 is 37.9 Å². The molecule has 0 radical (unpaired) electrons. The minimum absolute atomic E-state index is 0.0425. The molecule has 0 saturated carbocycles. The zero-order valence-electron chi connectivity index (χ0n) is 18.9. The van der Waals surface area contributed by atoms with E-state index in [1.54, 1.807) is 53.1 Å². The van der Waals surface area contributed by atoms with Gasteiger partial charge in [-0.15, -0.1) is 0 Å². The lowest BCUT2D eigenvalue weighted by atomic mass is 10.3. The third-order valence-electron chi connectivity index (χ3n) is 5.85. The molecular formula is C28H20N4O3S. The van der Waals surface area contributed by atoms with E-state index >= 15 is 0 Å². The number of nitrogens with zero attached hydrogens (tertiary/aromatic N) is 3. The molecule has 4 aromatic carbocycles. The van der Waals surface area contributed by atoms with E-state index in [0.29, 0.717) is 33.9 Å². The Kier molecular flexibility index (Phi) is 5.16. The van der Waals surface area contributed by atoms with Gasteiger partial charge in [-0.25, -0.2) is 18.4 Å². The number of rotatable bonds is 5. The molecule has 0 aliphatic rings. The van der Waals surface area contributed by atoms with Gasteiger partial charge in [-0.1, -0.05) is 48.5 Å². The topological polar surface area (TPSA) is 100 Å². The fourth-order valence-corrected chi connectivity index (χ4v) is 5.68. The van der Waals surface area contributed by atoms with Crippen LogP contribution in [0.2, 0.25) is 0 Å². The number of nitrogen functional groups attached to an aromatic ring is 1. The average Bonchev–Trinajstić information content (AvgIpc) is 3.20. The summed E-state index contributed by atoms with van der Waals surface area (Å²) in [5.41, 5.74) is 9.00. The summed E-state index contributed by atoms with van der Waals surface area (Å²) >= 11 is 0. The number of ether oxygens (including phenoxy) is 1. The largest absolute Gasteiger partial charge is 0.457 e. The Balaban J connectivity index is 1.56. The summed E-state index contributed by atoms with van der Waals surface area (Å²) in [6, 6.07) is 32.2. The van der Waals surface area contributed by atoms with Gasteiger partial charge in [0.25, 0.3) is 0 Å². The average molecular weight is 493 g/mol. The Morgan fingerprint density at radius 3 is 1.89 bits per heavy atom. The van der Waals surface area contributed by atoms with E-state index in [2.05, 4.69) is 4.98 Å². The molecule has 8 heteroatoms. The third kappa shape index (κ3) is 3.64. The monoisotopic (exact) mass is 492 g/mol. The number of sulfone groups is 1. The molecule has 0 saturated heterocycles. The highest BCUT2D eigenvalue weighted by atomic mass is 32.2. The Bertz CT molecular complexity index is 1820. The van der Waals surface area contributed by atoms with Crippen LogP contribution in [-0.2, 0) is 9.84 Å².